The van der Waals surface area contributed by atoms with Gasteiger partial charge in [0.2, 0.25) is 0 Å². The first-order valence-corrected chi connectivity index (χ1v) is 10.5. The van der Waals surface area contributed by atoms with Gasteiger partial charge in [0, 0.05) is 49.5 Å². The summed E-state index contributed by atoms with van der Waals surface area (Å²) in [5.41, 5.74) is 7.62. The zero-order valence-electron chi connectivity index (χ0n) is 18.6. The molecule has 2 aromatic heterocycles. The molecule has 3 aromatic rings. The van der Waals surface area contributed by atoms with Gasteiger partial charge in [-0.3, -0.25) is 9.67 Å². The number of guanidine groups is 1. The molecule has 0 saturated heterocycles. The van der Waals surface area contributed by atoms with Crippen molar-refractivity contribution >= 4 is 16.9 Å². The minimum Gasteiger partial charge on any atom is -0.361 e. The zero-order chi connectivity index (χ0) is 21.0. The molecule has 0 aliphatic carbocycles. The Morgan fingerprint density at radius 3 is 2.72 bits per heavy atom. The number of aliphatic imine (C=N–C) groups is 1. The number of hydrogen-bond donors (Lipinski definition) is 3. The Kier molecular flexibility index (Phi) is 6.62. The van der Waals surface area contributed by atoms with E-state index in [0.29, 0.717) is 0 Å². The van der Waals surface area contributed by atoms with Crippen molar-refractivity contribution in [3.63, 3.8) is 0 Å². The molecule has 1 aromatic carbocycles. The van der Waals surface area contributed by atoms with E-state index in [9.17, 15) is 0 Å². The number of rotatable bonds is 7. The van der Waals surface area contributed by atoms with Crippen molar-refractivity contribution in [1.82, 2.24) is 25.4 Å². The van der Waals surface area contributed by atoms with Crippen molar-refractivity contribution in [2.24, 2.45) is 12.0 Å². The number of para-hydroxylation sites is 1. The number of aryl methyl sites for hydroxylation is 3. The third-order valence-corrected chi connectivity index (χ3v) is 5.73. The van der Waals surface area contributed by atoms with Crippen LogP contribution in [0.15, 0.2) is 29.4 Å². The lowest BCUT2D eigenvalue weighted by atomic mass is 10.1. The number of H-pyrrole nitrogens is 1. The van der Waals surface area contributed by atoms with E-state index in [1.54, 1.807) is 0 Å². The summed E-state index contributed by atoms with van der Waals surface area (Å²) >= 11 is 0. The zero-order valence-corrected chi connectivity index (χ0v) is 18.6. The molecule has 2 heterocycles. The first kappa shape index (κ1) is 21.0. The summed E-state index contributed by atoms with van der Waals surface area (Å²) in [6.45, 7) is 9.42. The maximum Gasteiger partial charge on any atom is 0.191 e. The monoisotopic (exact) mass is 394 g/mol. The first-order valence-electron chi connectivity index (χ1n) is 10.5. The SMILES string of the molecule is CCc1cccc2c(CCNC(=NC)NC(C)Cc3c(C)nn(C)c3C)c[nH]c12. The van der Waals surface area contributed by atoms with E-state index in [4.69, 9.17) is 0 Å². The number of aromatic amines is 1. The minimum absolute atomic E-state index is 0.267. The largest absolute Gasteiger partial charge is 0.361 e. The average molecular weight is 395 g/mol. The molecular formula is C23H34N6. The Balaban J connectivity index is 1.56. The Hall–Kier alpha value is -2.76. The van der Waals surface area contributed by atoms with Crippen LogP contribution in [-0.2, 0) is 26.3 Å². The molecule has 29 heavy (non-hydrogen) atoms. The van der Waals surface area contributed by atoms with E-state index in [1.807, 2.05) is 18.8 Å². The van der Waals surface area contributed by atoms with Crippen molar-refractivity contribution in [3.05, 3.63) is 52.5 Å². The lowest BCUT2D eigenvalue weighted by Crippen LogP contribution is -2.43. The predicted octanol–water partition coefficient (Wildman–Crippen LogP) is 3.42. The van der Waals surface area contributed by atoms with Gasteiger partial charge in [-0.05, 0) is 56.7 Å². The summed E-state index contributed by atoms with van der Waals surface area (Å²) in [4.78, 5) is 7.84. The fraction of sp³-hybridized carbons (Fsp3) is 0.478. The van der Waals surface area contributed by atoms with Gasteiger partial charge >= 0.3 is 0 Å². The molecule has 0 fully saturated rings. The lowest BCUT2D eigenvalue weighted by Gasteiger charge is -2.18. The van der Waals surface area contributed by atoms with Gasteiger partial charge in [0.1, 0.15) is 0 Å². The van der Waals surface area contributed by atoms with Gasteiger partial charge in [-0.2, -0.15) is 5.10 Å². The van der Waals surface area contributed by atoms with Gasteiger partial charge in [-0.25, -0.2) is 0 Å². The minimum atomic E-state index is 0.267. The van der Waals surface area contributed by atoms with Crippen molar-refractivity contribution in [1.29, 1.82) is 0 Å². The quantitative estimate of drug-likeness (QED) is 0.425. The molecule has 3 N–H and O–H groups in total. The van der Waals surface area contributed by atoms with Gasteiger partial charge in [0.25, 0.3) is 0 Å². The second kappa shape index (κ2) is 9.16. The van der Waals surface area contributed by atoms with Gasteiger partial charge in [-0.1, -0.05) is 25.1 Å². The summed E-state index contributed by atoms with van der Waals surface area (Å²) in [6, 6.07) is 6.81. The summed E-state index contributed by atoms with van der Waals surface area (Å²) in [5, 5.41) is 12.8. The molecular weight excluding hydrogens is 360 g/mol. The molecule has 3 rings (SSSR count). The third-order valence-electron chi connectivity index (χ3n) is 5.73. The standard InChI is InChI=1S/C23H34N6/c1-7-18-9-8-10-20-19(14-26-22(18)20)11-12-25-23(24-5)27-15(2)13-21-16(3)28-29(6)17(21)4/h8-10,14-15,26H,7,11-13H2,1-6H3,(H2,24,25,27). The van der Waals surface area contributed by atoms with Crippen LogP contribution in [0, 0.1) is 13.8 Å². The number of hydrogen-bond acceptors (Lipinski definition) is 2. The first-order chi connectivity index (χ1) is 13.9. The van der Waals surface area contributed by atoms with E-state index in [0.717, 1.165) is 37.5 Å². The number of benzene rings is 1. The van der Waals surface area contributed by atoms with Crippen LogP contribution in [-0.4, -0.2) is 40.4 Å². The van der Waals surface area contributed by atoms with E-state index < -0.39 is 0 Å². The van der Waals surface area contributed by atoms with E-state index >= 15 is 0 Å². The summed E-state index contributed by atoms with van der Waals surface area (Å²) in [5.74, 6) is 0.839. The van der Waals surface area contributed by atoms with Crippen LogP contribution >= 0.6 is 0 Å². The van der Waals surface area contributed by atoms with Gasteiger partial charge in [0.05, 0.1) is 5.69 Å². The molecule has 1 unspecified atom stereocenters. The Morgan fingerprint density at radius 2 is 2.07 bits per heavy atom. The fourth-order valence-electron chi connectivity index (χ4n) is 3.99. The van der Waals surface area contributed by atoms with Crippen LogP contribution in [0.3, 0.4) is 0 Å². The van der Waals surface area contributed by atoms with Crippen molar-refractivity contribution in [2.45, 2.75) is 53.0 Å². The van der Waals surface area contributed by atoms with Crippen LogP contribution in [0.1, 0.15) is 41.9 Å². The molecule has 0 bridgehead atoms. The number of aromatic nitrogens is 3. The highest BCUT2D eigenvalue weighted by Crippen LogP contribution is 2.22. The second-order valence-corrected chi connectivity index (χ2v) is 7.78. The van der Waals surface area contributed by atoms with Crippen LogP contribution in [0.2, 0.25) is 0 Å². The Morgan fingerprint density at radius 1 is 1.28 bits per heavy atom. The Bertz CT molecular complexity index is 994. The van der Waals surface area contributed by atoms with Crippen molar-refractivity contribution < 1.29 is 0 Å². The highest BCUT2D eigenvalue weighted by Gasteiger charge is 2.14. The smallest absolute Gasteiger partial charge is 0.191 e. The molecule has 156 valence electrons. The Labute approximate surface area is 173 Å². The van der Waals surface area contributed by atoms with Crippen LogP contribution in [0.25, 0.3) is 10.9 Å². The molecule has 0 aliphatic heterocycles. The summed E-state index contributed by atoms with van der Waals surface area (Å²) in [6.07, 6.45) is 5.05. The fourth-order valence-corrected chi connectivity index (χ4v) is 3.99. The molecule has 0 spiro atoms. The lowest BCUT2D eigenvalue weighted by molar-refractivity contribution is 0.635. The van der Waals surface area contributed by atoms with Gasteiger partial charge in [0.15, 0.2) is 5.96 Å². The average Bonchev–Trinajstić information content (AvgIpc) is 3.23. The predicted molar refractivity (Wildman–Crippen MR) is 122 cm³/mol. The van der Waals surface area contributed by atoms with Crippen LogP contribution < -0.4 is 10.6 Å². The normalized spacial score (nSPS) is 13.1. The van der Waals surface area contributed by atoms with Gasteiger partial charge < -0.3 is 15.6 Å². The maximum atomic E-state index is 4.52. The second-order valence-electron chi connectivity index (χ2n) is 7.78. The molecule has 1 atom stereocenters. The van der Waals surface area contributed by atoms with E-state index in [-0.39, 0.29) is 6.04 Å². The van der Waals surface area contributed by atoms with E-state index in [1.165, 1.54) is 33.3 Å². The molecule has 0 amide bonds. The molecule has 0 aliphatic rings. The van der Waals surface area contributed by atoms with Crippen molar-refractivity contribution in [2.75, 3.05) is 13.6 Å². The highest BCUT2D eigenvalue weighted by molar-refractivity contribution is 5.86. The van der Waals surface area contributed by atoms with Gasteiger partial charge in [-0.15, -0.1) is 0 Å². The molecule has 0 radical (unpaired) electrons. The topological polar surface area (TPSA) is 70.0 Å². The van der Waals surface area contributed by atoms with Crippen LogP contribution in [0.5, 0.6) is 0 Å². The number of nitrogens with one attached hydrogen (secondary N) is 3. The van der Waals surface area contributed by atoms with Crippen LogP contribution in [0.4, 0.5) is 0 Å². The maximum absolute atomic E-state index is 4.52. The van der Waals surface area contributed by atoms with E-state index in [2.05, 4.69) is 77.8 Å². The summed E-state index contributed by atoms with van der Waals surface area (Å²) in [7, 11) is 3.82. The number of fused-ring (bicyclic) bond motifs is 1. The highest BCUT2D eigenvalue weighted by atomic mass is 15.3. The molecule has 0 saturated carbocycles. The number of nitrogens with zero attached hydrogens (tertiary/aromatic N) is 3. The van der Waals surface area contributed by atoms with Crippen molar-refractivity contribution in [3.8, 4) is 0 Å². The third kappa shape index (κ3) is 4.63. The molecule has 6 nitrogen and oxygen atoms in total. The molecule has 6 heteroatoms. The summed E-state index contributed by atoms with van der Waals surface area (Å²) < 4.78 is 1.95.